The first-order valence-corrected chi connectivity index (χ1v) is 9.03. The van der Waals surface area contributed by atoms with E-state index in [0.29, 0.717) is 11.3 Å². The van der Waals surface area contributed by atoms with E-state index in [1.54, 1.807) is 11.1 Å². The Morgan fingerprint density at radius 3 is 2.87 bits per heavy atom. The lowest BCUT2D eigenvalue weighted by atomic mass is 9.57. The van der Waals surface area contributed by atoms with Gasteiger partial charge in [0.1, 0.15) is 12.0 Å². The van der Waals surface area contributed by atoms with Crippen molar-refractivity contribution < 1.29 is 9.32 Å². The molecule has 3 nitrogen and oxygen atoms in total. The molecule has 0 aliphatic heterocycles. The summed E-state index contributed by atoms with van der Waals surface area (Å²) < 4.78 is 5.35. The van der Waals surface area contributed by atoms with Gasteiger partial charge in [0.2, 0.25) is 0 Å². The van der Waals surface area contributed by atoms with Gasteiger partial charge in [-0.15, -0.1) is 0 Å². The van der Waals surface area contributed by atoms with Gasteiger partial charge in [-0.1, -0.05) is 37.1 Å². The number of aldehydes is 1. The summed E-state index contributed by atoms with van der Waals surface area (Å²) in [5.41, 5.74) is 5.09. The molecular weight excluding hydrogens is 286 g/mol. The zero-order valence-electron chi connectivity index (χ0n) is 14.5. The lowest BCUT2D eigenvalue weighted by Gasteiger charge is -2.46. The Balaban J connectivity index is 1.64. The Kier molecular flexibility index (Phi) is 3.33. The van der Waals surface area contributed by atoms with E-state index in [0.717, 1.165) is 18.6 Å². The van der Waals surface area contributed by atoms with E-state index in [9.17, 15) is 4.79 Å². The number of hydrogen-bond acceptors (Lipinski definition) is 3. The number of fused-ring (bicyclic) bond motifs is 1. The van der Waals surface area contributed by atoms with Crippen molar-refractivity contribution >= 4 is 6.29 Å². The van der Waals surface area contributed by atoms with Gasteiger partial charge in [0, 0.05) is 17.9 Å². The van der Waals surface area contributed by atoms with E-state index >= 15 is 0 Å². The number of allylic oxidation sites excluding steroid dienone is 2. The topological polar surface area (TPSA) is 43.1 Å². The van der Waals surface area contributed by atoms with Crippen molar-refractivity contribution in [2.45, 2.75) is 65.7 Å². The molecule has 0 spiro atoms. The molecule has 0 aromatic carbocycles. The molecule has 4 rings (SSSR count). The van der Waals surface area contributed by atoms with Crippen molar-refractivity contribution in [3.05, 3.63) is 28.7 Å². The molecule has 3 aliphatic rings. The molecule has 0 saturated heterocycles. The molecule has 0 saturated carbocycles. The zero-order valence-corrected chi connectivity index (χ0v) is 14.5. The molecule has 1 heterocycles. The largest absolute Gasteiger partial charge is 0.361 e. The van der Waals surface area contributed by atoms with Gasteiger partial charge in [-0.2, -0.15) is 0 Å². The molecule has 3 aliphatic carbocycles. The first kappa shape index (κ1) is 15.2. The highest BCUT2D eigenvalue weighted by atomic mass is 16.5. The van der Waals surface area contributed by atoms with Crippen LogP contribution in [0.25, 0.3) is 0 Å². The quantitative estimate of drug-likeness (QED) is 0.596. The second-order valence-corrected chi connectivity index (χ2v) is 8.81. The van der Waals surface area contributed by atoms with Crippen LogP contribution in [0.5, 0.6) is 0 Å². The third-order valence-electron chi connectivity index (χ3n) is 7.18. The summed E-state index contributed by atoms with van der Waals surface area (Å²) in [4.78, 5) is 11.8. The van der Waals surface area contributed by atoms with Crippen LogP contribution in [0.2, 0.25) is 0 Å². The molecule has 0 bridgehead atoms. The minimum atomic E-state index is 0.0472. The maximum absolute atomic E-state index is 11.8. The van der Waals surface area contributed by atoms with Crippen LogP contribution >= 0.6 is 0 Å². The molecule has 1 aromatic heterocycles. The molecule has 3 unspecified atom stereocenters. The summed E-state index contributed by atoms with van der Waals surface area (Å²) in [6.45, 7) is 7.13. The molecule has 0 radical (unpaired) electrons. The summed E-state index contributed by atoms with van der Waals surface area (Å²) in [6, 6.07) is 0. The zero-order chi connectivity index (χ0) is 16.2. The van der Waals surface area contributed by atoms with E-state index in [2.05, 4.69) is 25.9 Å². The van der Waals surface area contributed by atoms with Crippen LogP contribution in [0.3, 0.4) is 0 Å². The second-order valence-electron chi connectivity index (χ2n) is 8.81. The maximum atomic E-state index is 11.8. The Morgan fingerprint density at radius 2 is 2.09 bits per heavy atom. The number of hydrogen-bond donors (Lipinski definition) is 0. The van der Waals surface area contributed by atoms with Gasteiger partial charge < -0.3 is 9.32 Å². The van der Waals surface area contributed by atoms with Gasteiger partial charge in [0.05, 0.1) is 6.20 Å². The Labute approximate surface area is 138 Å². The van der Waals surface area contributed by atoms with Gasteiger partial charge in [0.15, 0.2) is 0 Å². The molecule has 0 N–H and O–H groups in total. The third kappa shape index (κ3) is 2.23. The second kappa shape index (κ2) is 5.06. The number of carbonyl (C=O) groups is 1. The van der Waals surface area contributed by atoms with Crippen molar-refractivity contribution in [2.75, 3.05) is 0 Å². The minimum Gasteiger partial charge on any atom is -0.361 e. The summed E-state index contributed by atoms with van der Waals surface area (Å²) in [7, 11) is 0. The van der Waals surface area contributed by atoms with Crippen LogP contribution in [0.1, 0.15) is 64.2 Å². The minimum absolute atomic E-state index is 0.0472. The van der Waals surface area contributed by atoms with E-state index in [4.69, 9.17) is 4.52 Å². The van der Waals surface area contributed by atoms with Crippen molar-refractivity contribution in [1.82, 2.24) is 5.16 Å². The lowest BCUT2D eigenvalue weighted by molar-refractivity contribution is -0.117. The third-order valence-corrected chi connectivity index (χ3v) is 7.18. The summed E-state index contributed by atoms with van der Waals surface area (Å²) in [5, 5.41) is 3.96. The molecule has 23 heavy (non-hydrogen) atoms. The van der Waals surface area contributed by atoms with Gasteiger partial charge in [-0.05, 0) is 55.3 Å². The van der Waals surface area contributed by atoms with E-state index in [-0.39, 0.29) is 11.3 Å². The first-order chi connectivity index (χ1) is 10.9. The standard InChI is InChI=1S/C20H27NO2/c1-19(2)7-6-13-8-15(4-5-17(13)19)20(3)10-14-11-21-23-18(14)9-16(20)12-22/h11-12,15-16H,4-10H2,1-3H3. The molecular formula is C20H27NO2. The van der Waals surface area contributed by atoms with Crippen LogP contribution in [0, 0.1) is 22.7 Å². The average molecular weight is 313 g/mol. The number of rotatable bonds is 2. The molecule has 0 amide bonds. The van der Waals surface area contributed by atoms with Crippen molar-refractivity contribution in [3.63, 3.8) is 0 Å². The van der Waals surface area contributed by atoms with Crippen LogP contribution < -0.4 is 0 Å². The molecule has 3 heteroatoms. The van der Waals surface area contributed by atoms with Crippen LogP contribution in [0.4, 0.5) is 0 Å². The van der Waals surface area contributed by atoms with Gasteiger partial charge in [-0.3, -0.25) is 0 Å². The van der Waals surface area contributed by atoms with Crippen LogP contribution in [-0.4, -0.2) is 11.4 Å². The van der Waals surface area contributed by atoms with Crippen molar-refractivity contribution in [2.24, 2.45) is 22.7 Å². The van der Waals surface area contributed by atoms with Gasteiger partial charge in [0.25, 0.3) is 0 Å². The average Bonchev–Trinajstić information content (AvgIpc) is 3.10. The Morgan fingerprint density at radius 1 is 1.26 bits per heavy atom. The fourth-order valence-corrected chi connectivity index (χ4v) is 5.49. The highest BCUT2D eigenvalue weighted by Crippen LogP contribution is 2.56. The summed E-state index contributed by atoms with van der Waals surface area (Å²) in [6.07, 6.45) is 10.9. The maximum Gasteiger partial charge on any atom is 0.140 e. The first-order valence-electron chi connectivity index (χ1n) is 9.03. The normalized spacial score (nSPS) is 35.8. The number of aromatic nitrogens is 1. The van der Waals surface area contributed by atoms with Crippen LogP contribution in [0.15, 0.2) is 21.9 Å². The molecule has 0 fully saturated rings. The van der Waals surface area contributed by atoms with Crippen molar-refractivity contribution in [3.8, 4) is 0 Å². The summed E-state index contributed by atoms with van der Waals surface area (Å²) >= 11 is 0. The predicted octanol–water partition coefficient (Wildman–Crippen LogP) is 4.51. The lowest BCUT2D eigenvalue weighted by Crippen LogP contribution is -2.43. The summed E-state index contributed by atoms with van der Waals surface area (Å²) in [5.74, 6) is 1.59. The van der Waals surface area contributed by atoms with Gasteiger partial charge >= 0.3 is 0 Å². The fourth-order valence-electron chi connectivity index (χ4n) is 5.49. The van der Waals surface area contributed by atoms with Crippen LogP contribution in [-0.2, 0) is 17.6 Å². The molecule has 3 atom stereocenters. The fraction of sp³-hybridized carbons (Fsp3) is 0.700. The highest BCUT2D eigenvalue weighted by molar-refractivity contribution is 5.57. The highest BCUT2D eigenvalue weighted by Gasteiger charge is 2.48. The van der Waals surface area contributed by atoms with Gasteiger partial charge in [-0.25, -0.2) is 0 Å². The van der Waals surface area contributed by atoms with Crippen molar-refractivity contribution in [1.29, 1.82) is 0 Å². The van der Waals surface area contributed by atoms with E-state index < -0.39 is 0 Å². The molecule has 124 valence electrons. The predicted molar refractivity (Wildman–Crippen MR) is 89.0 cm³/mol. The monoisotopic (exact) mass is 313 g/mol. The number of carbonyl (C=O) groups excluding carboxylic acids is 1. The molecule has 1 aromatic rings. The van der Waals surface area contributed by atoms with E-state index in [1.165, 1.54) is 44.0 Å². The van der Waals surface area contributed by atoms with E-state index in [1.807, 2.05) is 6.20 Å². The smallest absolute Gasteiger partial charge is 0.140 e. The Bertz CT molecular complexity index is 669. The number of nitrogens with zero attached hydrogens (tertiary/aromatic N) is 1. The SMILES string of the molecule is CC1(C)CCC2=C1CCC(C1(C)Cc3cnoc3CC1C=O)C2. The Hall–Kier alpha value is -1.38.